The summed E-state index contributed by atoms with van der Waals surface area (Å²) < 4.78 is 82.2. The lowest BCUT2D eigenvalue weighted by atomic mass is 9.89. The minimum Gasteiger partial charge on any atom is -0.316 e. The van der Waals surface area contributed by atoms with Gasteiger partial charge in [0.1, 0.15) is 0 Å². The van der Waals surface area contributed by atoms with Crippen LogP contribution in [0.25, 0.3) is 5.57 Å². The minimum absolute atomic E-state index is 0.0618. The summed E-state index contributed by atoms with van der Waals surface area (Å²) in [6.45, 7) is 0. The van der Waals surface area contributed by atoms with Crippen LogP contribution in [0.5, 0.6) is 0 Å². The number of nitrogens with zero attached hydrogens (tertiary/aromatic N) is 2. The van der Waals surface area contributed by atoms with Gasteiger partial charge in [0, 0.05) is 25.2 Å². The van der Waals surface area contributed by atoms with Gasteiger partial charge in [0.2, 0.25) is 5.79 Å². The van der Waals surface area contributed by atoms with E-state index in [1.807, 2.05) is 5.32 Å². The molecule has 0 bridgehead atoms. The fraction of sp³-hybridized carbons (Fsp3) is 0.222. The average molecular weight is 401 g/mol. The zero-order valence-corrected chi connectivity index (χ0v) is 14.3. The number of benzene rings is 1. The van der Waals surface area contributed by atoms with Gasteiger partial charge >= 0.3 is 6.18 Å². The number of nitrogens with one attached hydrogen (secondary N) is 1. The molecule has 2 aromatic rings. The molecule has 3 rings (SSSR count). The lowest BCUT2D eigenvalue weighted by molar-refractivity contribution is -0.141. The Balaban J connectivity index is 1.96. The van der Waals surface area contributed by atoms with Crippen molar-refractivity contribution >= 4 is 11.5 Å². The van der Waals surface area contributed by atoms with E-state index in [2.05, 4.69) is 5.10 Å². The molecule has 1 heterocycles. The molecule has 0 radical (unpaired) electrons. The van der Waals surface area contributed by atoms with Crippen LogP contribution < -0.4 is 5.32 Å². The zero-order chi connectivity index (χ0) is 20.7. The Hall–Kier alpha value is -3.04. The van der Waals surface area contributed by atoms with E-state index >= 15 is 4.39 Å². The van der Waals surface area contributed by atoms with Gasteiger partial charge < -0.3 is 5.32 Å². The Bertz CT molecular complexity index is 992. The molecule has 4 nitrogen and oxygen atoms in total. The maximum absolute atomic E-state index is 15.5. The number of allylic oxidation sites excluding steroid dienone is 2. The second-order valence-electron chi connectivity index (χ2n) is 6.16. The summed E-state index contributed by atoms with van der Waals surface area (Å²) >= 11 is 0. The van der Waals surface area contributed by atoms with Crippen molar-refractivity contribution in [1.29, 1.82) is 0 Å². The third-order valence-corrected chi connectivity index (χ3v) is 4.11. The number of hydrogen-bond donors (Lipinski definition) is 1. The molecule has 1 aliphatic rings. The number of carbonyl (C=O) groups excluding carboxylic acids is 1. The molecule has 1 N–H and O–H groups in total. The normalized spacial score (nSPS) is 19.5. The van der Waals surface area contributed by atoms with Gasteiger partial charge in [0.25, 0.3) is 5.91 Å². The molecule has 0 aliphatic heterocycles. The molecular formula is C18H13F6N3O. The lowest BCUT2D eigenvalue weighted by Crippen LogP contribution is -2.46. The van der Waals surface area contributed by atoms with Crippen LogP contribution in [0.3, 0.4) is 0 Å². The van der Waals surface area contributed by atoms with Crippen LogP contribution in [-0.2, 0) is 13.2 Å². The largest absolute Gasteiger partial charge is 0.435 e. The molecule has 0 spiro atoms. The molecule has 1 aliphatic carbocycles. The van der Waals surface area contributed by atoms with Crippen LogP contribution in [0.15, 0.2) is 42.6 Å². The van der Waals surface area contributed by atoms with Crippen molar-refractivity contribution in [2.75, 3.05) is 0 Å². The first-order valence-corrected chi connectivity index (χ1v) is 7.96. The molecule has 0 saturated carbocycles. The second-order valence-corrected chi connectivity index (χ2v) is 6.16. The Morgan fingerprint density at radius 1 is 1.25 bits per heavy atom. The number of aryl methyl sites for hydroxylation is 1. The van der Waals surface area contributed by atoms with Crippen molar-refractivity contribution in [3.8, 4) is 0 Å². The summed E-state index contributed by atoms with van der Waals surface area (Å²) in [7, 11) is 1.19. The van der Waals surface area contributed by atoms with Crippen molar-refractivity contribution in [2.24, 2.45) is 7.05 Å². The zero-order valence-electron chi connectivity index (χ0n) is 14.3. The standard InChI is InChI=1S/C18H13F6N3O/c1-27-9-11(15(26-27)18(22,23)24)16(28)25-17(21)7-3-2-4-12(17)10-5-6-13(19)14(20)8-10/h2-6,8-9H,7H2,1H3,(H,25,28). The summed E-state index contributed by atoms with van der Waals surface area (Å²) in [5, 5.41) is 5.13. The fourth-order valence-electron chi connectivity index (χ4n) is 2.86. The molecule has 0 saturated heterocycles. The lowest BCUT2D eigenvalue weighted by Gasteiger charge is -2.30. The van der Waals surface area contributed by atoms with E-state index in [1.165, 1.54) is 25.3 Å². The number of carbonyl (C=O) groups is 1. The highest BCUT2D eigenvalue weighted by molar-refractivity contribution is 5.97. The van der Waals surface area contributed by atoms with Gasteiger partial charge in [0.05, 0.1) is 5.56 Å². The van der Waals surface area contributed by atoms with E-state index < -0.39 is 47.2 Å². The Morgan fingerprint density at radius 3 is 2.61 bits per heavy atom. The van der Waals surface area contributed by atoms with Crippen LogP contribution in [-0.4, -0.2) is 21.5 Å². The molecule has 1 unspecified atom stereocenters. The van der Waals surface area contributed by atoms with Gasteiger partial charge in [0.15, 0.2) is 17.3 Å². The second kappa shape index (κ2) is 6.84. The molecule has 1 aromatic carbocycles. The molecule has 1 aromatic heterocycles. The Kier molecular flexibility index (Phi) is 4.82. The van der Waals surface area contributed by atoms with Gasteiger partial charge in [-0.1, -0.05) is 24.3 Å². The van der Waals surface area contributed by atoms with Crippen LogP contribution in [0.1, 0.15) is 28.0 Å². The van der Waals surface area contributed by atoms with Gasteiger partial charge in [-0.15, -0.1) is 0 Å². The first-order chi connectivity index (χ1) is 13.0. The van der Waals surface area contributed by atoms with E-state index in [-0.39, 0.29) is 11.1 Å². The third kappa shape index (κ3) is 3.67. The number of alkyl halides is 4. The first kappa shape index (κ1) is 19.7. The third-order valence-electron chi connectivity index (χ3n) is 4.11. The van der Waals surface area contributed by atoms with Crippen molar-refractivity contribution in [1.82, 2.24) is 15.1 Å². The van der Waals surface area contributed by atoms with Gasteiger partial charge in [-0.05, 0) is 17.7 Å². The first-order valence-electron chi connectivity index (χ1n) is 7.96. The van der Waals surface area contributed by atoms with Crippen LogP contribution in [0, 0.1) is 11.6 Å². The minimum atomic E-state index is -4.91. The summed E-state index contributed by atoms with van der Waals surface area (Å²) in [5.41, 5.74) is -2.60. The molecule has 28 heavy (non-hydrogen) atoms. The molecule has 148 valence electrons. The van der Waals surface area contributed by atoms with Crippen molar-refractivity contribution in [3.63, 3.8) is 0 Å². The van der Waals surface area contributed by atoms with Crippen molar-refractivity contribution < 1.29 is 31.1 Å². The Morgan fingerprint density at radius 2 is 1.96 bits per heavy atom. The maximum Gasteiger partial charge on any atom is 0.435 e. The van der Waals surface area contributed by atoms with Crippen LogP contribution in [0.4, 0.5) is 26.3 Å². The highest BCUT2D eigenvalue weighted by Crippen LogP contribution is 2.37. The smallest absolute Gasteiger partial charge is 0.316 e. The summed E-state index contributed by atoms with van der Waals surface area (Å²) in [6, 6.07) is 2.63. The van der Waals surface area contributed by atoms with Gasteiger partial charge in [-0.3, -0.25) is 9.48 Å². The topological polar surface area (TPSA) is 46.9 Å². The SMILES string of the molecule is Cn1cc(C(=O)NC2(F)CC=CC=C2c2ccc(F)c(F)c2)c(C(F)(F)F)n1. The van der Waals surface area contributed by atoms with Crippen molar-refractivity contribution in [3.05, 3.63) is 71.1 Å². The molecule has 0 fully saturated rings. The predicted octanol–water partition coefficient (Wildman–Crippen LogP) is 4.16. The number of halogens is 6. The number of hydrogen-bond acceptors (Lipinski definition) is 2. The maximum atomic E-state index is 15.5. The number of aromatic nitrogens is 2. The van der Waals surface area contributed by atoms with Crippen LogP contribution >= 0.6 is 0 Å². The molecule has 1 atom stereocenters. The average Bonchev–Trinajstić information content (AvgIpc) is 3.00. The van der Waals surface area contributed by atoms with E-state index in [9.17, 15) is 26.7 Å². The number of amides is 1. The quantitative estimate of drug-likeness (QED) is 0.620. The van der Waals surface area contributed by atoms with E-state index in [4.69, 9.17) is 0 Å². The highest BCUT2D eigenvalue weighted by Gasteiger charge is 2.42. The molecule has 10 heteroatoms. The fourth-order valence-corrected chi connectivity index (χ4v) is 2.86. The van der Waals surface area contributed by atoms with Gasteiger partial charge in [-0.2, -0.15) is 18.3 Å². The number of rotatable bonds is 3. The van der Waals surface area contributed by atoms with E-state index in [0.29, 0.717) is 0 Å². The molecular weight excluding hydrogens is 388 g/mol. The summed E-state index contributed by atoms with van der Waals surface area (Å²) in [5.74, 6) is -6.34. The predicted molar refractivity (Wildman–Crippen MR) is 87.6 cm³/mol. The summed E-state index contributed by atoms with van der Waals surface area (Å²) in [6.07, 6.45) is -0.497. The highest BCUT2D eigenvalue weighted by atomic mass is 19.4. The van der Waals surface area contributed by atoms with E-state index in [0.717, 1.165) is 29.1 Å². The summed E-state index contributed by atoms with van der Waals surface area (Å²) in [4.78, 5) is 12.4. The van der Waals surface area contributed by atoms with Gasteiger partial charge in [-0.25, -0.2) is 13.2 Å². The molecule has 1 amide bonds. The monoisotopic (exact) mass is 401 g/mol. The van der Waals surface area contributed by atoms with Crippen molar-refractivity contribution in [2.45, 2.75) is 18.4 Å². The van der Waals surface area contributed by atoms with E-state index in [1.54, 1.807) is 0 Å². The van der Waals surface area contributed by atoms with Crippen LogP contribution in [0.2, 0.25) is 0 Å². The Labute approximate surface area is 155 Å².